The van der Waals surface area contributed by atoms with E-state index < -0.39 is 11.4 Å². The third kappa shape index (κ3) is 3.94. The van der Waals surface area contributed by atoms with E-state index in [1.165, 1.54) is 0 Å². The molecule has 0 saturated carbocycles. The Morgan fingerprint density at radius 1 is 1.22 bits per heavy atom. The van der Waals surface area contributed by atoms with Crippen LogP contribution in [0.15, 0.2) is 18.2 Å². The number of carboxylic acid groups (broad SMARTS) is 1. The molecule has 1 N–H and O–H groups in total. The van der Waals surface area contributed by atoms with Crippen LogP contribution in [0, 0.1) is 5.41 Å². The summed E-state index contributed by atoms with van der Waals surface area (Å²) >= 11 is 0. The minimum Gasteiger partial charge on any atom is -0.497 e. The molecular weight excluding hydrogens is 298 g/mol. The molecule has 6 nitrogen and oxygen atoms in total. The van der Waals surface area contributed by atoms with Crippen LogP contribution in [0.3, 0.4) is 0 Å². The van der Waals surface area contributed by atoms with Crippen molar-refractivity contribution in [1.29, 1.82) is 0 Å². The van der Waals surface area contributed by atoms with E-state index >= 15 is 0 Å². The van der Waals surface area contributed by atoms with Gasteiger partial charge >= 0.3 is 5.97 Å². The Morgan fingerprint density at radius 3 is 2.30 bits per heavy atom. The van der Waals surface area contributed by atoms with Gasteiger partial charge < -0.3 is 19.5 Å². The summed E-state index contributed by atoms with van der Waals surface area (Å²) in [5, 5.41) is 9.23. The Balaban J connectivity index is 1.96. The molecule has 0 bridgehead atoms. The summed E-state index contributed by atoms with van der Waals surface area (Å²) < 4.78 is 10.4. The van der Waals surface area contributed by atoms with Crippen LogP contribution in [-0.4, -0.2) is 49.2 Å². The first-order valence-electron chi connectivity index (χ1n) is 7.61. The average Bonchev–Trinajstić information content (AvgIpc) is 2.96. The van der Waals surface area contributed by atoms with Crippen LogP contribution in [0.1, 0.15) is 25.3 Å². The number of nitrogens with zero attached hydrogens (tertiary/aromatic N) is 1. The summed E-state index contributed by atoms with van der Waals surface area (Å²) in [6, 6.07) is 5.53. The van der Waals surface area contributed by atoms with E-state index in [1.54, 1.807) is 32.1 Å². The highest BCUT2D eigenvalue weighted by atomic mass is 16.5. The molecule has 0 radical (unpaired) electrons. The Bertz CT molecular complexity index is 578. The average molecular weight is 321 g/mol. The highest BCUT2D eigenvalue weighted by Crippen LogP contribution is 2.30. The lowest BCUT2D eigenvalue weighted by Crippen LogP contribution is -2.34. The molecule has 0 spiro atoms. The molecule has 1 aromatic carbocycles. The molecule has 1 aliphatic rings. The lowest BCUT2D eigenvalue weighted by molar-refractivity contribution is -0.147. The summed E-state index contributed by atoms with van der Waals surface area (Å²) in [6.45, 7) is 2.47. The monoisotopic (exact) mass is 321 g/mol. The molecule has 23 heavy (non-hydrogen) atoms. The van der Waals surface area contributed by atoms with E-state index in [2.05, 4.69) is 0 Å². The number of amides is 1. The number of carboxylic acids is 1. The fourth-order valence-electron chi connectivity index (χ4n) is 2.77. The van der Waals surface area contributed by atoms with Crippen molar-refractivity contribution < 1.29 is 24.2 Å². The van der Waals surface area contributed by atoms with Gasteiger partial charge in [0, 0.05) is 25.6 Å². The van der Waals surface area contributed by atoms with Crippen molar-refractivity contribution in [3.8, 4) is 11.5 Å². The van der Waals surface area contributed by atoms with Gasteiger partial charge in [0.25, 0.3) is 0 Å². The van der Waals surface area contributed by atoms with Crippen LogP contribution in [0.2, 0.25) is 0 Å². The molecule has 0 aliphatic carbocycles. The van der Waals surface area contributed by atoms with Crippen molar-refractivity contribution in [2.24, 2.45) is 5.41 Å². The third-order valence-corrected chi connectivity index (χ3v) is 4.38. The molecule has 1 aliphatic heterocycles. The minimum absolute atomic E-state index is 0.0169. The van der Waals surface area contributed by atoms with Crippen molar-refractivity contribution in [3.05, 3.63) is 23.8 Å². The lowest BCUT2D eigenvalue weighted by Gasteiger charge is -2.20. The van der Waals surface area contributed by atoms with E-state index in [-0.39, 0.29) is 12.5 Å². The zero-order valence-corrected chi connectivity index (χ0v) is 13.8. The summed E-state index contributed by atoms with van der Waals surface area (Å²) in [4.78, 5) is 25.2. The molecular formula is C17H23NO5. The number of hydrogen-bond acceptors (Lipinski definition) is 4. The van der Waals surface area contributed by atoms with Crippen LogP contribution in [0.25, 0.3) is 0 Å². The molecule has 1 aromatic rings. The van der Waals surface area contributed by atoms with E-state index in [1.807, 2.05) is 12.1 Å². The molecule has 6 heteroatoms. The van der Waals surface area contributed by atoms with Crippen LogP contribution in [0.5, 0.6) is 11.5 Å². The molecule has 1 atom stereocenters. The molecule has 0 aromatic heterocycles. The number of carbonyl (C=O) groups is 2. The van der Waals surface area contributed by atoms with Gasteiger partial charge in [-0.2, -0.15) is 0 Å². The van der Waals surface area contributed by atoms with Crippen LogP contribution in [0.4, 0.5) is 0 Å². The maximum Gasteiger partial charge on any atom is 0.311 e. The van der Waals surface area contributed by atoms with Gasteiger partial charge in [-0.15, -0.1) is 0 Å². The minimum atomic E-state index is -0.842. The second kappa shape index (κ2) is 6.89. The van der Waals surface area contributed by atoms with Gasteiger partial charge in [-0.25, -0.2) is 0 Å². The summed E-state index contributed by atoms with van der Waals surface area (Å²) in [7, 11) is 3.17. The normalized spacial score (nSPS) is 20.4. The van der Waals surface area contributed by atoms with Gasteiger partial charge in [-0.3, -0.25) is 9.59 Å². The Labute approximate surface area is 136 Å². The topological polar surface area (TPSA) is 76.1 Å². The predicted molar refractivity (Wildman–Crippen MR) is 84.8 cm³/mol. The number of ether oxygens (including phenoxy) is 2. The van der Waals surface area contributed by atoms with Gasteiger partial charge in [0.05, 0.1) is 19.6 Å². The molecule has 1 fully saturated rings. The number of hydrogen-bond donors (Lipinski definition) is 1. The number of aliphatic carboxylic acids is 1. The second-order valence-corrected chi connectivity index (χ2v) is 6.15. The quantitative estimate of drug-likeness (QED) is 0.867. The number of aryl methyl sites for hydroxylation is 1. The molecule has 1 saturated heterocycles. The predicted octanol–water partition coefficient (Wildman–Crippen LogP) is 1.96. The van der Waals surface area contributed by atoms with Crippen molar-refractivity contribution in [1.82, 2.24) is 4.90 Å². The molecule has 1 amide bonds. The van der Waals surface area contributed by atoms with Crippen molar-refractivity contribution in [3.63, 3.8) is 0 Å². The van der Waals surface area contributed by atoms with Gasteiger partial charge in [-0.05, 0) is 37.5 Å². The Morgan fingerprint density at radius 2 is 1.83 bits per heavy atom. The highest BCUT2D eigenvalue weighted by Gasteiger charge is 2.41. The highest BCUT2D eigenvalue weighted by molar-refractivity contribution is 5.80. The second-order valence-electron chi connectivity index (χ2n) is 6.15. The van der Waals surface area contributed by atoms with Crippen LogP contribution in [-0.2, 0) is 16.0 Å². The van der Waals surface area contributed by atoms with Crippen LogP contribution < -0.4 is 9.47 Å². The van der Waals surface area contributed by atoms with E-state index in [0.29, 0.717) is 37.3 Å². The molecule has 2 rings (SSSR count). The van der Waals surface area contributed by atoms with Gasteiger partial charge in [-0.1, -0.05) is 0 Å². The number of benzene rings is 1. The Hall–Kier alpha value is -2.24. The molecule has 1 heterocycles. The first-order valence-corrected chi connectivity index (χ1v) is 7.61. The summed E-state index contributed by atoms with van der Waals surface area (Å²) in [5.41, 5.74) is 0.129. The van der Waals surface area contributed by atoms with E-state index in [0.717, 1.165) is 5.56 Å². The van der Waals surface area contributed by atoms with Gasteiger partial charge in [0.1, 0.15) is 11.5 Å². The SMILES string of the molecule is COc1cc(CCC(=O)N2CCC(C)(C(=O)O)C2)cc(OC)c1. The van der Waals surface area contributed by atoms with Gasteiger partial charge in [0.2, 0.25) is 5.91 Å². The van der Waals surface area contributed by atoms with Crippen molar-refractivity contribution in [2.45, 2.75) is 26.2 Å². The third-order valence-electron chi connectivity index (χ3n) is 4.38. The van der Waals surface area contributed by atoms with E-state index in [9.17, 15) is 14.7 Å². The first-order chi connectivity index (χ1) is 10.9. The lowest BCUT2D eigenvalue weighted by atomic mass is 9.90. The number of likely N-dealkylation sites (tertiary alicyclic amines) is 1. The first kappa shape index (κ1) is 17.1. The van der Waals surface area contributed by atoms with Gasteiger partial charge in [0.15, 0.2) is 0 Å². The Kier molecular flexibility index (Phi) is 5.13. The summed E-state index contributed by atoms with van der Waals surface area (Å²) in [5.74, 6) is 0.514. The number of rotatable bonds is 6. The maximum absolute atomic E-state index is 12.3. The number of carbonyl (C=O) groups excluding carboxylic acids is 1. The zero-order valence-electron chi connectivity index (χ0n) is 13.8. The fraction of sp³-hybridized carbons (Fsp3) is 0.529. The largest absolute Gasteiger partial charge is 0.497 e. The standard InChI is InChI=1S/C17H23NO5/c1-17(16(20)21)6-7-18(11-17)15(19)5-4-12-8-13(22-2)10-14(9-12)23-3/h8-10H,4-7,11H2,1-3H3,(H,20,21). The zero-order chi connectivity index (χ0) is 17.0. The maximum atomic E-state index is 12.3. The number of methoxy groups -OCH3 is 2. The molecule has 126 valence electrons. The van der Waals surface area contributed by atoms with Crippen LogP contribution >= 0.6 is 0 Å². The van der Waals surface area contributed by atoms with Crippen molar-refractivity contribution in [2.75, 3.05) is 27.3 Å². The fourth-order valence-corrected chi connectivity index (χ4v) is 2.77. The smallest absolute Gasteiger partial charge is 0.311 e. The molecule has 1 unspecified atom stereocenters. The van der Waals surface area contributed by atoms with Crippen molar-refractivity contribution >= 4 is 11.9 Å². The van der Waals surface area contributed by atoms with E-state index in [4.69, 9.17) is 9.47 Å². The summed E-state index contributed by atoms with van der Waals surface area (Å²) in [6.07, 6.45) is 1.40.